The van der Waals surface area contributed by atoms with Gasteiger partial charge in [-0.25, -0.2) is 0 Å². The molecule has 140 valence electrons. The van der Waals surface area contributed by atoms with Crippen molar-refractivity contribution in [2.75, 3.05) is 0 Å². The van der Waals surface area contributed by atoms with Crippen LogP contribution in [0.25, 0.3) is 5.57 Å². The largest absolute Gasteiger partial charge is 0.309 e. The Kier molecular flexibility index (Phi) is 13.6. The summed E-state index contributed by atoms with van der Waals surface area (Å²) in [6.07, 6.45) is 12.7. The van der Waals surface area contributed by atoms with Crippen LogP contribution in [0.2, 0.25) is 0 Å². The number of rotatable bonds is 8. The molecule has 0 atom stereocenters. The molecule has 1 N–H and O–H groups in total. The molecule has 1 rings (SSSR count). The first kappa shape index (κ1) is 23.7. The van der Waals surface area contributed by atoms with Gasteiger partial charge in [0.25, 0.3) is 0 Å². The third-order valence-corrected chi connectivity index (χ3v) is 3.89. The van der Waals surface area contributed by atoms with Crippen molar-refractivity contribution in [3.63, 3.8) is 0 Å². The Morgan fingerprint density at radius 3 is 2.38 bits per heavy atom. The van der Waals surface area contributed by atoms with Gasteiger partial charge >= 0.3 is 0 Å². The zero-order valence-corrected chi connectivity index (χ0v) is 17.4. The summed E-state index contributed by atoms with van der Waals surface area (Å²) < 4.78 is 0. The Morgan fingerprint density at radius 1 is 1.19 bits per heavy atom. The van der Waals surface area contributed by atoms with Gasteiger partial charge in [-0.3, -0.25) is 0 Å². The standard InChI is InChI=1S/C21H29N.C4H6/c1-5-18(10-7-8-13-22)15-20(6-2)21-12-9-11-19(16-21)14-17(3)4;1-3-4-2/h6-9,11-13,15-17,22H,5,10,14H2,1-4H3;1-2H3/b8-7-,18-15+,20-6+,22-13?;. The Balaban J connectivity index is 0.00000141. The Labute approximate surface area is 161 Å². The summed E-state index contributed by atoms with van der Waals surface area (Å²) in [6.45, 7) is 12.4. The molecule has 0 aromatic heterocycles. The highest BCUT2D eigenvalue weighted by Crippen LogP contribution is 2.22. The molecule has 1 aromatic carbocycles. The van der Waals surface area contributed by atoms with Crippen molar-refractivity contribution in [3.05, 3.63) is 65.3 Å². The molecule has 0 spiro atoms. The van der Waals surface area contributed by atoms with Crippen molar-refractivity contribution in [2.24, 2.45) is 5.92 Å². The highest BCUT2D eigenvalue weighted by molar-refractivity contribution is 5.75. The minimum absolute atomic E-state index is 0.678. The predicted octanol–water partition coefficient (Wildman–Crippen LogP) is 7.25. The summed E-state index contributed by atoms with van der Waals surface area (Å²) in [5.74, 6) is 6.04. The number of benzene rings is 1. The molecular weight excluding hydrogens is 314 g/mol. The zero-order chi connectivity index (χ0) is 19.8. The van der Waals surface area contributed by atoms with Crippen LogP contribution in [0, 0.1) is 23.2 Å². The van der Waals surface area contributed by atoms with Gasteiger partial charge in [-0.2, -0.15) is 0 Å². The fraction of sp³-hybridized carbons (Fsp3) is 0.400. The van der Waals surface area contributed by atoms with E-state index in [9.17, 15) is 0 Å². The smallest absolute Gasteiger partial charge is 0.0174 e. The molecule has 1 aromatic rings. The molecule has 0 aliphatic rings. The Bertz CT molecular complexity index is 670. The van der Waals surface area contributed by atoms with Crippen LogP contribution in [0.4, 0.5) is 0 Å². The molecule has 0 fully saturated rings. The van der Waals surface area contributed by atoms with E-state index in [1.54, 1.807) is 6.08 Å². The SMILES string of the molecule is C/C=C(\C=C(/CC)C/C=C\C=N)c1cccc(CC(C)C)c1.CC#CC. The van der Waals surface area contributed by atoms with Crippen molar-refractivity contribution in [3.8, 4) is 11.8 Å². The van der Waals surface area contributed by atoms with E-state index in [1.165, 1.54) is 28.5 Å². The normalized spacial score (nSPS) is 11.7. The number of hydrogen-bond acceptors (Lipinski definition) is 1. The van der Waals surface area contributed by atoms with Crippen LogP contribution in [0.1, 0.15) is 65.5 Å². The molecular formula is C25H35N. The van der Waals surface area contributed by atoms with Gasteiger partial charge < -0.3 is 5.41 Å². The average molecular weight is 350 g/mol. The second-order valence-electron chi connectivity index (χ2n) is 6.50. The minimum Gasteiger partial charge on any atom is -0.309 e. The second-order valence-corrected chi connectivity index (χ2v) is 6.50. The van der Waals surface area contributed by atoms with Crippen molar-refractivity contribution in [2.45, 2.75) is 60.8 Å². The lowest BCUT2D eigenvalue weighted by Gasteiger charge is -2.10. The topological polar surface area (TPSA) is 23.9 Å². The summed E-state index contributed by atoms with van der Waals surface area (Å²) in [4.78, 5) is 0. The van der Waals surface area contributed by atoms with Gasteiger partial charge in [0.15, 0.2) is 0 Å². The quantitative estimate of drug-likeness (QED) is 0.290. The van der Waals surface area contributed by atoms with Crippen molar-refractivity contribution in [1.29, 1.82) is 5.41 Å². The van der Waals surface area contributed by atoms with Gasteiger partial charge in [-0.1, -0.05) is 68.8 Å². The lowest BCUT2D eigenvalue weighted by Crippen LogP contribution is -1.95. The molecule has 1 nitrogen and oxygen atoms in total. The Morgan fingerprint density at radius 2 is 1.88 bits per heavy atom. The summed E-state index contributed by atoms with van der Waals surface area (Å²) in [6, 6.07) is 8.88. The third kappa shape index (κ3) is 10.5. The van der Waals surface area contributed by atoms with Crippen LogP contribution in [-0.2, 0) is 6.42 Å². The molecule has 0 aliphatic heterocycles. The molecule has 0 radical (unpaired) electrons. The number of allylic oxidation sites excluding steroid dienone is 6. The maximum atomic E-state index is 7.05. The fourth-order valence-corrected chi connectivity index (χ4v) is 2.50. The van der Waals surface area contributed by atoms with Gasteiger partial charge in [0, 0.05) is 6.21 Å². The van der Waals surface area contributed by atoms with E-state index < -0.39 is 0 Å². The molecule has 26 heavy (non-hydrogen) atoms. The summed E-state index contributed by atoms with van der Waals surface area (Å²) in [7, 11) is 0. The van der Waals surface area contributed by atoms with E-state index >= 15 is 0 Å². The molecule has 0 amide bonds. The summed E-state index contributed by atoms with van der Waals surface area (Å²) in [5.41, 5.74) is 5.37. The van der Waals surface area contributed by atoms with Crippen LogP contribution < -0.4 is 0 Å². The summed E-state index contributed by atoms with van der Waals surface area (Å²) in [5, 5.41) is 7.05. The maximum Gasteiger partial charge on any atom is 0.0174 e. The lowest BCUT2D eigenvalue weighted by atomic mass is 9.96. The number of hydrogen-bond donors (Lipinski definition) is 1. The first-order chi connectivity index (χ1) is 12.5. The van der Waals surface area contributed by atoms with Gasteiger partial charge in [0.1, 0.15) is 0 Å². The van der Waals surface area contributed by atoms with Crippen molar-refractivity contribution in [1.82, 2.24) is 0 Å². The van der Waals surface area contributed by atoms with E-state index in [1.807, 2.05) is 19.9 Å². The molecule has 0 bridgehead atoms. The average Bonchev–Trinajstić information content (AvgIpc) is 2.64. The summed E-state index contributed by atoms with van der Waals surface area (Å²) >= 11 is 0. The highest BCUT2D eigenvalue weighted by atomic mass is 14.3. The Hall–Kier alpha value is -2.33. The first-order valence-electron chi connectivity index (χ1n) is 9.46. The maximum absolute atomic E-state index is 7.05. The zero-order valence-electron chi connectivity index (χ0n) is 17.4. The van der Waals surface area contributed by atoms with E-state index in [2.05, 4.69) is 76.0 Å². The van der Waals surface area contributed by atoms with Crippen LogP contribution in [0.15, 0.2) is 54.1 Å². The fourth-order valence-electron chi connectivity index (χ4n) is 2.50. The second kappa shape index (κ2) is 15.0. The van der Waals surface area contributed by atoms with Crippen LogP contribution in [-0.4, -0.2) is 6.21 Å². The highest BCUT2D eigenvalue weighted by Gasteiger charge is 2.03. The molecule has 1 heteroatoms. The van der Waals surface area contributed by atoms with E-state index in [-0.39, 0.29) is 0 Å². The molecule has 0 unspecified atom stereocenters. The van der Waals surface area contributed by atoms with Crippen LogP contribution in [0.5, 0.6) is 0 Å². The first-order valence-corrected chi connectivity index (χ1v) is 9.46. The lowest BCUT2D eigenvalue weighted by molar-refractivity contribution is 0.647. The monoisotopic (exact) mass is 349 g/mol. The molecule has 0 saturated carbocycles. The van der Waals surface area contributed by atoms with Crippen molar-refractivity contribution < 1.29 is 0 Å². The van der Waals surface area contributed by atoms with Crippen LogP contribution >= 0.6 is 0 Å². The van der Waals surface area contributed by atoms with E-state index in [4.69, 9.17) is 5.41 Å². The minimum atomic E-state index is 0.678. The van der Waals surface area contributed by atoms with Gasteiger partial charge in [-0.05, 0) is 68.7 Å². The van der Waals surface area contributed by atoms with Gasteiger partial charge in [0.05, 0.1) is 0 Å². The molecule has 0 saturated heterocycles. The van der Waals surface area contributed by atoms with E-state index in [0.29, 0.717) is 5.92 Å². The molecule has 0 heterocycles. The molecule has 0 aliphatic carbocycles. The predicted molar refractivity (Wildman–Crippen MR) is 119 cm³/mol. The third-order valence-electron chi connectivity index (χ3n) is 3.89. The van der Waals surface area contributed by atoms with Gasteiger partial charge in [-0.15, -0.1) is 11.8 Å². The van der Waals surface area contributed by atoms with Crippen molar-refractivity contribution >= 4 is 11.8 Å². The van der Waals surface area contributed by atoms with Gasteiger partial charge in [0.2, 0.25) is 0 Å². The number of nitrogens with one attached hydrogen (secondary N) is 1. The van der Waals surface area contributed by atoms with E-state index in [0.717, 1.165) is 19.3 Å². The van der Waals surface area contributed by atoms with Crippen LogP contribution in [0.3, 0.4) is 0 Å².